The molecular weight excluding hydrogens is 321 g/mol. The number of halogens is 2. The average Bonchev–Trinajstić information content (AvgIpc) is 2.79. The number of fused-ring (bicyclic) bond motifs is 1. The smallest absolute Gasteiger partial charge is 0.241 e. The summed E-state index contributed by atoms with van der Waals surface area (Å²) in [5, 5.41) is 3.99. The Balaban J connectivity index is 0.00000220. The van der Waals surface area contributed by atoms with E-state index in [4.69, 9.17) is 5.73 Å². The fourth-order valence-electron chi connectivity index (χ4n) is 2.25. The molecule has 1 aromatic carbocycles. The van der Waals surface area contributed by atoms with Crippen LogP contribution in [0.4, 0.5) is 5.69 Å². The lowest BCUT2D eigenvalue weighted by molar-refractivity contribution is -0.117. The number of carbonyl (C=O) groups excluding carboxylic acids is 1. The van der Waals surface area contributed by atoms with Crippen molar-refractivity contribution in [1.82, 2.24) is 4.57 Å². The van der Waals surface area contributed by atoms with Crippen LogP contribution in [0.1, 0.15) is 27.2 Å². The molecule has 0 unspecified atom stereocenters. The molecule has 0 aliphatic heterocycles. The van der Waals surface area contributed by atoms with Crippen molar-refractivity contribution in [2.24, 2.45) is 11.7 Å². The molecule has 22 heavy (non-hydrogen) atoms. The van der Waals surface area contributed by atoms with Crippen molar-refractivity contribution in [2.45, 2.75) is 39.8 Å². The fraction of sp³-hybridized carbons (Fsp3) is 0.438. The van der Waals surface area contributed by atoms with Crippen LogP contribution in [0.5, 0.6) is 0 Å². The Morgan fingerprint density at radius 3 is 2.55 bits per heavy atom. The van der Waals surface area contributed by atoms with Crippen LogP contribution < -0.4 is 11.1 Å². The van der Waals surface area contributed by atoms with Gasteiger partial charge in [-0.1, -0.05) is 20.8 Å². The molecule has 1 amide bonds. The molecule has 1 heterocycles. The molecule has 124 valence electrons. The van der Waals surface area contributed by atoms with Crippen molar-refractivity contribution in [3.63, 3.8) is 0 Å². The second-order valence-corrected chi connectivity index (χ2v) is 5.64. The van der Waals surface area contributed by atoms with Gasteiger partial charge in [0.15, 0.2) is 0 Å². The van der Waals surface area contributed by atoms with Crippen LogP contribution in [0.25, 0.3) is 10.9 Å². The summed E-state index contributed by atoms with van der Waals surface area (Å²) in [6.07, 6.45) is 2.73. The molecule has 0 aliphatic carbocycles. The zero-order chi connectivity index (χ0) is 14.7. The third-order valence-electron chi connectivity index (χ3n) is 3.38. The van der Waals surface area contributed by atoms with E-state index in [9.17, 15) is 4.79 Å². The molecule has 0 bridgehead atoms. The minimum atomic E-state index is -0.448. The second-order valence-electron chi connectivity index (χ2n) is 5.64. The lowest BCUT2D eigenvalue weighted by atomic mass is 10.2. The molecule has 0 radical (unpaired) electrons. The van der Waals surface area contributed by atoms with Gasteiger partial charge in [0.05, 0.1) is 6.04 Å². The van der Waals surface area contributed by atoms with Crippen LogP contribution >= 0.6 is 24.8 Å². The molecule has 0 spiro atoms. The lowest BCUT2D eigenvalue weighted by Crippen LogP contribution is -2.34. The predicted molar refractivity (Wildman–Crippen MR) is 98.2 cm³/mol. The van der Waals surface area contributed by atoms with Crippen molar-refractivity contribution in [3.05, 3.63) is 30.5 Å². The van der Waals surface area contributed by atoms with Gasteiger partial charge >= 0.3 is 0 Å². The highest BCUT2D eigenvalue weighted by Crippen LogP contribution is 2.21. The number of benzene rings is 1. The van der Waals surface area contributed by atoms with E-state index in [-0.39, 0.29) is 30.7 Å². The van der Waals surface area contributed by atoms with Crippen LogP contribution in [-0.2, 0) is 11.3 Å². The molecule has 0 saturated heterocycles. The number of nitrogens with zero attached hydrogens (tertiary/aromatic N) is 1. The molecule has 2 aromatic rings. The molecule has 1 aromatic heterocycles. The van der Waals surface area contributed by atoms with Gasteiger partial charge in [-0.2, -0.15) is 0 Å². The van der Waals surface area contributed by atoms with E-state index in [0.29, 0.717) is 12.3 Å². The van der Waals surface area contributed by atoms with Crippen molar-refractivity contribution >= 4 is 47.3 Å². The van der Waals surface area contributed by atoms with E-state index in [2.05, 4.69) is 36.0 Å². The Morgan fingerprint density at radius 1 is 1.27 bits per heavy atom. The Labute approximate surface area is 144 Å². The summed E-state index contributed by atoms with van der Waals surface area (Å²) in [7, 11) is 0. The van der Waals surface area contributed by atoms with E-state index < -0.39 is 6.04 Å². The summed E-state index contributed by atoms with van der Waals surface area (Å²) in [5.74, 6) is 0.473. The molecule has 3 N–H and O–H groups in total. The Bertz CT molecular complexity index is 610. The summed E-state index contributed by atoms with van der Waals surface area (Å²) in [4.78, 5) is 11.8. The number of nitrogens with one attached hydrogen (secondary N) is 1. The summed E-state index contributed by atoms with van der Waals surface area (Å²) in [5.41, 5.74) is 7.71. The maximum atomic E-state index is 11.8. The number of carbonyl (C=O) groups is 1. The summed E-state index contributed by atoms with van der Waals surface area (Å²) in [6, 6.07) is 7.60. The first-order chi connectivity index (χ1) is 9.51. The van der Waals surface area contributed by atoms with Gasteiger partial charge in [0, 0.05) is 29.3 Å². The molecule has 4 nitrogen and oxygen atoms in total. The molecule has 0 aliphatic rings. The number of hydrogen-bond acceptors (Lipinski definition) is 2. The van der Waals surface area contributed by atoms with Crippen molar-refractivity contribution in [1.29, 1.82) is 0 Å². The van der Waals surface area contributed by atoms with Gasteiger partial charge < -0.3 is 15.6 Å². The Kier molecular flexibility index (Phi) is 8.53. The Hall–Kier alpha value is -1.23. The van der Waals surface area contributed by atoms with Gasteiger partial charge in [-0.15, -0.1) is 24.8 Å². The number of rotatable bonds is 5. The highest BCUT2D eigenvalue weighted by atomic mass is 35.5. The monoisotopic (exact) mass is 345 g/mol. The van der Waals surface area contributed by atoms with Crippen molar-refractivity contribution in [2.75, 3.05) is 5.32 Å². The zero-order valence-electron chi connectivity index (χ0n) is 13.2. The van der Waals surface area contributed by atoms with E-state index in [1.165, 1.54) is 5.52 Å². The van der Waals surface area contributed by atoms with Crippen LogP contribution in [0, 0.1) is 5.92 Å². The molecule has 2 rings (SSSR count). The van der Waals surface area contributed by atoms with Crippen molar-refractivity contribution in [3.8, 4) is 0 Å². The van der Waals surface area contributed by atoms with E-state index in [0.717, 1.165) is 17.6 Å². The predicted octanol–water partition coefficient (Wildman–Crippen LogP) is 3.82. The highest BCUT2D eigenvalue weighted by molar-refractivity contribution is 5.96. The number of anilines is 1. The van der Waals surface area contributed by atoms with E-state index in [1.54, 1.807) is 0 Å². The largest absolute Gasteiger partial charge is 0.347 e. The molecule has 0 fully saturated rings. The molecule has 6 heteroatoms. The number of hydrogen-bond donors (Lipinski definition) is 2. The van der Waals surface area contributed by atoms with E-state index in [1.807, 2.05) is 25.1 Å². The average molecular weight is 346 g/mol. The molecule has 1 atom stereocenters. The van der Waals surface area contributed by atoms with Crippen LogP contribution in [-0.4, -0.2) is 16.5 Å². The van der Waals surface area contributed by atoms with Crippen LogP contribution in [0.15, 0.2) is 30.5 Å². The second kappa shape index (κ2) is 9.03. The zero-order valence-corrected chi connectivity index (χ0v) is 14.8. The first-order valence-electron chi connectivity index (χ1n) is 7.16. The SMILES string of the molecule is CC[C@H](N)C(=O)Nc1ccc2c(ccn2CC(C)C)c1.Cl.Cl. The molecular formula is C16H25Cl2N3O. The first kappa shape index (κ1) is 20.8. The maximum absolute atomic E-state index is 11.8. The number of nitrogens with two attached hydrogens (primary N) is 1. The lowest BCUT2D eigenvalue weighted by Gasteiger charge is -2.11. The third-order valence-corrected chi connectivity index (χ3v) is 3.38. The first-order valence-corrected chi connectivity index (χ1v) is 7.16. The third kappa shape index (κ3) is 4.90. The number of aromatic nitrogens is 1. The Morgan fingerprint density at radius 2 is 1.95 bits per heavy atom. The van der Waals surface area contributed by atoms with Gasteiger partial charge in [-0.05, 0) is 36.6 Å². The normalized spacial score (nSPS) is 11.7. The van der Waals surface area contributed by atoms with Gasteiger partial charge in [0.1, 0.15) is 0 Å². The van der Waals surface area contributed by atoms with Gasteiger partial charge in [0.2, 0.25) is 5.91 Å². The van der Waals surface area contributed by atoms with Crippen LogP contribution in [0.3, 0.4) is 0 Å². The molecule has 0 saturated carbocycles. The summed E-state index contributed by atoms with van der Waals surface area (Å²) < 4.78 is 2.24. The summed E-state index contributed by atoms with van der Waals surface area (Å²) >= 11 is 0. The van der Waals surface area contributed by atoms with Gasteiger partial charge in [0.25, 0.3) is 0 Å². The fourth-order valence-corrected chi connectivity index (χ4v) is 2.25. The van der Waals surface area contributed by atoms with Gasteiger partial charge in [-0.3, -0.25) is 4.79 Å². The topological polar surface area (TPSA) is 60.1 Å². The number of amides is 1. The van der Waals surface area contributed by atoms with E-state index >= 15 is 0 Å². The maximum Gasteiger partial charge on any atom is 0.241 e. The van der Waals surface area contributed by atoms with Gasteiger partial charge in [-0.25, -0.2) is 0 Å². The van der Waals surface area contributed by atoms with Crippen LogP contribution in [0.2, 0.25) is 0 Å². The minimum absolute atomic E-state index is 0. The van der Waals surface area contributed by atoms with Crippen molar-refractivity contribution < 1.29 is 4.79 Å². The standard InChI is InChI=1S/C16H23N3O.2ClH/c1-4-14(17)16(20)18-13-5-6-15-12(9-13)7-8-19(15)10-11(2)3;;/h5-9,11,14H,4,10,17H2,1-3H3,(H,18,20);2*1H/t14-;;/m0../s1. The minimum Gasteiger partial charge on any atom is -0.347 e. The highest BCUT2D eigenvalue weighted by Gasteiger charge is 2.11. The summed E-state index contributed by atoms with van der Waals surface area (Å²) in [6.45, 7) is 7.30. The quantitative estimate of drug-likeness (QED) is 0.865.